The third kappa shape index (κ3) is 2.46. The highest BCUT2D eigenvalue weighted by Crippen LogP contribution is 2.30. The van der Waals surface area contributed by atoms with Crippen molar-refractivity contribution in [2.75, 3.05) is 0 Å². The summed E-state index contributed by atoms with van der Waals surface area (Å²) in [5.41, 5.74) is 0.880. The van der Waals surface area contributed by atoms with Gasteiger partial charge >= 0.3 is 5.97 Å². The van der Waals surface area contributed by atoms with E-state index in [1.807, 2.05) is 24.3 Å². The Morgan fingerprint density at radius 3 is 2.80 bits per heavy atom. The van der Waals surface area contributed by atoms with Gasteiger partial charge in [0, 0.05) is 16.5 Å². The van der Waals surface area contributed by atoms with Gasteiger partial charge in [-0.1, -0.05) is 30.0 Å². The number of hydrogen-bond donors (Lipinski definition) is 1. The van der Waals surface area contributed by atoms with Gasteiger partial charge in [0.25, 0.3) is 0 Å². The molecule has 3 rings (SSSR count). The number of carboxylic acid groups (broad SMARTS) is 1. The monoisotopic (exact) mass is 283 g/mol. The molecule has 0 amide bonds. The van der Waals surface area contributed by atoms with Crippen molar-refractivity contribution < 1.29 is 9.90 Å². The molecule has 0 saturated heterocycles. The lowest BCUT2D eigenvalue weighted by atomic mass is 10.2. The number of para-hydroxylation sites is 1. The number of aromatic nitrogens is 3. The van der Waals surface area contributed by atoms with E-state index in [9.17, 15) is 4.79 Å². The Morgan fingerprint density at radius 2 is 1.95 bits per heavy atom. The highest BCUT2D eigenvalue weighted by molar-refractivity contribution is 7.99. The molecular formula is C14H9N3O2S. The van der Waals surface area contributed by atoms with Crippen LogP contribution in [0.4, 0.5) is 0 Å². The summed E-state index contributed by atoms with van der Waals surface area (Å²) < 4.78 is 0. The molecule has 1 aromatic carbocycles. The van der Waals surface area contributed by atoms with Crippen LogP contribution in [0.25, 0.3) is 10.9 Å². The number of carbonyl (C=O) groups is 1. The summed E-state index contributed by atoms with van der Waals surface area (Å²) in [4.78, 5) is 24.0. The van der Waals surface area contributed by atoms with E-state index in [1.165, 1.54) is 30.4 Å². The van der Waals surface area contributed by atoms with Gasteiger partial charge in [-0.3, -0.25) is 0 Å². The smallest absolute Gasteiger partial charge is 0.354 e. The maximum absolute atomic E-state index is 10.9. The maximum Gasteiger partial charge on any atom is 0.354 e. The Kier molecular flexibility index (Phi) is 3.30. The zero-order valence-corrected chi connectivity index (χ0v) is 11.0. The van der Waals surface area contributed by atoms with Gasteiger partial charge in [0.2, 0.25) is 0 Å². The first-order valence-electron chi connectivity index (χ1n) is 5.81. The van der Waals surface area contributed by atoms with E-state index in [0.717, 1.165) is 20.8 Å². The number of fused-ring (bicyclic) bond motifs is 1. The molecule has 0 fully saturated rings. The lowest BCUT2D eigenvalue weighted by Gasteiger charge is -2.04. The molecule has 0 atom stereocenters. The normalized spacial score (nSPS) is 10.6. The number of rotatable bonds is 3. The minimum absolute atomic E-state index is 0.0216. The standard InChI is InChI=1S/C14H9N3O2S/c18-14(19)12-7-9(5-6-15-12)20-13-10-3-1-2-4-11(10)16-8-17-13/h1-8H,(H,18,19). The molecule has 0 aliphatic rings. The van der Waals surface area contributed by atoms with Crippen LogP contribution in [0.2, 0.25) is 0 Å². The lowest BCUT2D eigenvalue weighted by Crippen LogP contribution is -1.99. The van der Waals surface area contributed by atoms with Crippen molar-refractivity contribution in [3.8, 4) is 0 Å². The van der Waals surface area contributed by atoms with Gasteiger partial charge in [-0.2, -0.15) is 0 Å². The summed E-state index contributed by atoms with van der Waals surface area (Å²) in [5.74, 6) is -1.04. The van der Waals surface area contributed by atoms with Crippen molar-refractivity contribution in [3.05, 3.63) is 54.6 Å². The molecule has 6 heteroatoms. The highest BCUT2D eigenvalue weighted by Gasteiger charge is 2.08. The molecule has 5 nitrogen and oxygen atoms in total. The summed E-state index contributed by atoms with van der Waals surface area (Å²) in [5, 5.41) is 10.7. The molecule has 98 valence electrons. The molecule has 0 bridgehead atoms. The third-order valence-corrected chi connectivity index (χ3v) is 3.68. The van der Waals surface area contributed by atoms with E-state index in [-0.39, 0.29) is 5.69 Å². The van der Waals surface area contributed by atoms with Crippen LogP contribution < -0.4 is 0 Å². The molecule has 3 aromatic rings. The average molecular weight is 283 g/mol. The third-order valence-electron chi connectivity index (χ3n) is 2.67. The van der Waals surface area contributed by atoms with Crippen LogP contribution in [0.1, 0.15) is 10.5 Å². The first-order chi connectivity index (χ1) is 9.74. The fourth-order valence-electron chi connectivity index (χ4n) is 1.76. The summed E-state index contributed by atoms with van der Waals surface area (Å²) >= 11 is 1.39. The van der Waals surface area contributed by atoms with Crippen LogP contribution in [-0.4, -0.2) is 26.0 Å². The molecule has 20 heavy (non-hydrogen) atoms. The fraction of sp³-hybridized carbons (Fsp3) is 0. The molecule has 0 aliphatic heterocycles. The zero-order chi connectivity index (χ0) is 13.9. The second-order valence-corrected chi connectivity index (χ2v) is 5.04. The zero-order valence-electron chi connectivity index (χ0n) is 10.2. The predicted molar refractivity (Wildman–Crippen MR) is 74.9 cm³/mol. The fourth-order valence-corrected chi connectivity index (χ4v) is 2.67. The molecule has 0 saturated carbocycles. The minimum Gasteiger partial charge on any atom is -0.477 e. The number of carboxylic acids is 1. The van der Waals surface area contributed by atoms with Gasteiger partial charge < -0.3 is 5.11 Å². The van der Waals surface area contributed by atoms with Gasteiger partial charge in [0.15, 0.2) is 0 Å². The van der Waals surface area contributed by atoms with E-state index < -0.39 is 5.97 Å². The van der Waals surface area contributed by atoms with Crippen LogP contribution >= 0.6 is 11.8 Å². The summed E-state index contributed by atoms with van der Waals surface area (Å²) in [6, 6.07) is 11.0. The first kappa shape index (κ1) is 12.6. The molecular weight excluding hydrogens is 274 g/mol. The molecule has 0 unspecified atom stereocenters. The van der Waals surface area contributed by atoms with E-state index in [2.05, 4.69) is 15.0 Å². The average Bonchev–Trinajstić information content (AvgIpc) is 2.48. The maximum atomic E-state index is 10.9. The SMILES string of the molecule is O=C(O)c1cc(Sc2ncnc3ccccc23)ccn1. The van der Waals surface area contributed by atoms with Gasteiger partial charge in [-0.05, 0) is 18.2 Å². The Hall–Kier alpha value is -2.47. The van der Waals surface area contributed by atoms with Gasteiger partial charge in [-0.25, -0.2) is 19.7 Å². The summed E-state index contributed by atoms with van der Waals surface area (Å²) in [6.45, 7) is 0. The number of aromatic carboxylic acids is 1. The number of nitrogens with zero attached hydrogens (tertiary/aromatic N) is 3. The molecule has 1 N–H and O–H groups in total. The predicted octanol–water partition coefficient (Wildman–Crippen LogP) is 2.87. The first-order valence-corrected chi connectivity index (χ1v) is 6.62. The minimum atomic E-state index is -1.04. The molecule has 2 aromatic heterocycles. The van der Waals surface area contributed by atoms with Crippen LogP contribution in [0.5, 0.6) is 0 Å². The van der Waals surface area contributed by atoms with Gasteiger partial charge in [0.05, 0.1) is 5.52 Å². The Morgan fingerprint density at radius 1 is 1.10 bits per heavy atom. The van der Waals surface area contributed by atoms with Crippen molar-refractivity contribution in [1.29, 1.82) is 0 Å². The molecule has 0 radical (unpaired) electrons. The Labute approximate surface area is 118 Å². The van der Waals surface area contributed by atoms with Gasteiger partial charge in [-0.15, -0.1) is 0 Å². The van der Waals surface area contributed by atoms with Crippen LogP contribution in [0, 0.1) is 0 Å². The molecule has 0 spiro atoms. The second kappa shape index (κ2) is 5.26. The molecule has 0 aliphatic carbocycles. The summed E-state index contributed by atoms with van der Waals surface area (Å²) in [7, 11) is 0. The van der Waals surface area contributed by atoms with E-state index in [0.29, 0.717) is 0 Å². The van der Waals surface area contributed by atoms with E-state index in [4.69, 9.17) is 5.11 Å². The van der Waals surface area contributed by atoms with Crippen LogP contribution in [-0.2, 0) is 0 Å². The Balaban J connectivity index is 2.01. The topological polar surface area (TPSA) is 76.0 Å². The number of benzene rings is 1. The number of pyridine rings is 1. The lowest BCUT2D eigenvalue weighted by molar-refractivity contribution is 0.0690. The van der Waals surface area contributed by atoms with Crippen molar-refractivity contribution in [2.24, 2.45) is 0 Å². The van der Waals surface area contributed by atoms with Crippen LogP contribution in [0.3, 0.4) is 0 Å². The largest absolute Gasteiger partial charge is 0.477 e. The second-order valence-electron chi connectivity index (χ2n) is 3.98. The Bertz CT molecular complexity index is 787. The van der Waals surface area contributed by atoms with Crippen LogP contribution in [0.15, 0.2) is 58.8 Å². The van der Waals surface area contributed by atoms with Gasteiger partial charge in [0.1, 0.15) is 17.0 Å². The highest BCUT2D eigenvalue weighted by atomic mass is 32.2. The summed E-state index contributed by atoms with van der Waals surface area (Å²) in [6.07, 6.45) is 2.99. The van der Waals surface area contributed by atoms with Crippen molar-refractivity contribution in [3.63, 3.8) is 0 Å². The van der Waals surface area contributed by atoms with Crippen molar-refractivity contribution >= 4 is 28.6 Å². The van der Waals surface area contributed by atoms with Crippen molar-refractivity contribution in [1.82, 2.24) is 15.0 Å². The molecule has 2 heterocycles. The van der Waals surface area contributed by atoms with E-state index in [1.54, 1.807) is 6.07 Å². The van der Waals surface area contributed by atoms with E-state index >= 15 is 0 Å². The van der Waals surface area contributed by atoms with Crippen molar-refractivity contribution in [2.45, 2.75) is 9.92 Å². The quantitative estimate of drug-likeness (QED) is 0.745. The number of hydrogen-bond acceptors (Lipinski definition) is 5.